The van der Waals surface area contributed by atoms with Gasteiger partial charge in [0.2, 0.25) is 0 Å². The summed E-state index contributed by atoms with van der Waals surface area (Å²) in [6.07, 6.45) is 8.76. The second-order valence-electron chi connectivity index (χ2n) is 6.80. The maximum absolute atomic E-state index is 11.0. The molecular formula is C16H22OS. The summed E-state index contributed by atoms with van der Waals surface area (Å²) < 4.78 is 0. The summed E-state index contributed by atoms with van der Waals surface area (Å²) in [6.45, 7) is 0. The molecule has 0 amide bonds. The molecule has 18 heavy (non-hydrogen) atoms. The zero-order valence-corrected chi connectivity index (χ0v) is 11.7. The van der Waals surface area contributed by atoms with E-state index in [0.29, 0.717) is 5.92 Å². The van der Waals surface area contributed by atoms with Crippen LogP contribution in [0.3, 0.4) is 0 Å². The first-order valence-corrected chi connectivity index (χ1v) is 8.44. The molecule has 3 fully saturated rings. The predicted molar refractivity (Wildman–Crippen MR) is 74.6 cm³/mol. The highest BCUT2D eigenvalue weighted by Gasteiger charge is 2.59. The second-order valence-corrected chi connectivity index (χ2v) is 7.58. The summed E-state index contributed by atoms with van der Waals surface area (Å²) in [7, 11) is 0. The number of fused-ring (bicyclic) bond motifs is 5. The van der Waals surface area contributed by atoms with E-state index in [9.17, 15) is 5.11 Å². The zero-order chi connectivity index (χ0) is 12.2. The van der Waals surface area contributed by atoms with E-state index in [1.165, 1.54) is 31.2 Å². The van der Waals surface area contributed by atoms with E-state index in [1.54, 1.807) is 11.3 Å². The predicted octanol–water partition coefficient (Wildman–Crippen LogP) is 3.87. The summed E-state index contributed by atoms with van der Waals surface area (Å²) >= 11 is 1.77. The fourth-order valence-electron chi connectivity index (χ4n) is 5.32. The van der Waals surface area contributed by atoms with Crippen LogP contribution in [0.5, 0.6) is 0 Å². The van der Waals surface area contributed by atoms with Crippen molar-refractivity contribution in [2.75, 3.05) is 0 Å². The lowest BCUT2D eigenvalue weighted by molar-refractivity contribution is -0.0516. The number of hydrogen-bond donors (Lipinski definition) is 1. The monoisotopic (exact) mass is 262 g/mol. The molecule has 3 saturated carbocycles. The Morgan fingerprint density at radius 1 is 1.33 bits per heavy atom. The van der Waals surface area contributed by atoms with Crippen molar-refractivity contribution in [1.29, 1.82) is 0 Å². The van der Waals surface area contributed by atoms with E-state index in [0.717, 1.165) is 37.0 Å². The third-order valence-electron chi connectivity index (χ3n) is 6.04. The zero-order valence-electron chi connectivity index (χ0n) is 10.8. The van der Waals surface area contributed by atoms with Crippen molar-refractivity contribution in [2.24, 2.45) is 23.7 Å². The van der Waals surface area contributed by atoms with Gasteiger partial charge in [-0.15, -0.1) is 0 Å². The van der Waals surface area contributed by atoms with E-state index in [4.69, 9.17) is 0 Å². The fraction of sp³-hybridized carbons (Fsp3) is 0.750. The van der Waals surface area contributed by atoms with Gasteiger partial charge in [0, 0.05) is 0 Å². The Bertz CT molecular complexity index is 426. The first-order valence-electron chi connectivity index (χ1n) is 7.50. The van der Waals surface area contributed by atoms with E-state index in [2.05, 4.69) is 16.8 Å². The molecule has 3 aliphatic carbocycles. The summed E-state index contributed by atoms with van der Waals surface area (Å²) in [6, 6.07) is 2.21. The van der Waals surface area contributed by atoms with Gasteiger partial charge in [0.05, 0.1) is 5.60 Å². The quantitative estimate of drug-likeness (QED) is 0.877. The average molecular weight is 262 g/mol. The maximum atomic E-state index is 11.0. The summed E-state index contributed by atoms with van der Waals surface area (Å²) in [4.78, 5) is 0. The molecule has 1 N–H and O–H groups in total. The Balaban J connectivity index is 1.48. The maximum Gasteiger partial charge on any atom is 0.0684 e. The highest BCUT2D eigenvalue weighted by atomic mass is 32.1. The van der Waals surface area contributed by atoms with E-state index >= 15 is 0 Å². The van der Waals surface area contributed by atoms with Crippen LogP contribution < -0.4 is 0 Å². The van der Waals surface area contributed by atoms with Crippen molar-refractivity contribution in [3.8, 4) is 0 Å². The van der Waals surface area contributed by atoms with Crippen molar-refractivity contribution >= 4 is 11.3 Å². The topological polar surface area (TPSA) is 20.2 Å². The lowest BCUT2D eigenvalue weighted by atomic mass is 9.71. The van der Waals surface area contributed by atoms with Gasteiger partial charge in [-0.3, -0.25) is 0 Å². The molecule has 0 radical (unpaired) electrons. The minimum Gasteiger partial charge on any atom is -0.390 e. The van der Waals surface area contributed by atoms with Gasteiger partial charge in [0.25, 0.3) is 0 Å². The Morgan fingerprint density at radius 2 is 2.22 bits per heavy atom. The van der Waals surface area contributed by atoms with Gasteiger partial charge in [-0.2, -0.15) is 11.3 Å². The Hall–Kier alpha value is -0.340. The van der Waals surface area contributed by atoms with Gasteiger partial charge in [-0.05, 0) is 84.6 Å². The standard InChI is InChI=1S/C16H22OS/c17-16(6-4-11-5-7-18-10-11)9-12-8-15(16)14-3-1-2-13(12)14/h5,7,10,12-15,17H,1-4,6,8-9H2. The molecule has 5 atom stereocenters. The van der Waals surface area contributed by atoms with Crippen LogP contribution in [0.4, 0.5) is 0 Å². The van der Waals surface area contributed by atoms with Crippen molar-refractivity contribution in [3.05, 3.63) is 22.4 Å². The number of thiophene rings is 1. The Morgan fingerprint density at radius 3 is 3.06 bits per heavy atom. The van der Waals surface area contributed by atoms with Crippen molar-refractivity contribution in [1.82, 2.24) is 0 Å². The van der Waals surface area contributed by atoms with Gasteiger partial charge in [0.1, 0.15) is 0 Å². The van der Waals surface area contributed by atoms with E-state index in [1.807, 2.05) is 0 Å². The van der Waals surface area contributed by atoms with Gasteiger partial charge in [0.15, 0.2) is 0 Å². The van der Waals surface area contributed by atoms with Crippen LogP contribution in [0.1, 0.15) is 44.1 Å². The molecule has 0 aliphatic heterocycles. The molecule has 3 aliphatic rings. The summed E-state index contributed by atoms with van der Waals surface area (Å²) in [5.41, 5.74) is 1.09. The largest absolute Gasteiger partial charge is 0.390 e. The van der Waals surface area contributed by atoms with Crippen molar-refractivity contribution in [3.63, 3.8) is 0 Å². The molecule has 4 rings (SSSR count). The van der Waals surface area contributed by atoms with Crippen LogP contribution in [0, 0.1) is 23.7 Å². The first-order chi connectivity index (χ1) is 8.76. The third-order valence-corrected chi connectivity index (χ3v) is 6.77. The normalized spacial score (nSPS) is 45.6. The van der Waals surface area contributed by atoms with Crippen LogP contribution in [0.2, 0.25) is 0 Å². The molecular weight excluding hydrogens is 240 g/mol. The molecule has 1 aromatic rings. The Kier molecular flexibility index (Phi) is 2.60. The van der Waals surface area contributed by atoms with Gasteiger partial charge >= 0.3 is 0 Å². The molecule has 0 spiro atoms. The van der Waals surface area contributed by atoms with Crippen molar-refractivity contribution in [2.45, 2.75) is 50.5 Å². The average Bonchev–Trinajstić information content (AvgIpc) is 3.09. The molecule has 5 unspecified atom stereocenters. The van der Waals surface area contributed by atoms with E-state index < -0.39 is 0 Å². The summed E-state index contributed by atoms with van der Waals surface area (Å²) in [5.74, 6) is 3.34. The Labute approximate surface area is 113 Å². The molecule has 2 bridgehead atoms. The second kappa shape index (κ2) is 4.08. The van der Waals surface area contributed by atoms with Gasteiger partial charge in [-0.1, -0.05) is 6.42 Å². The van der Waals surface area contributed by atoms with Crippen LogP contribution in [0.15, 0.2) is 16.8 Å². The van der Waals surface area contributed by atoms with Crippen LogP contribution >= 0.6 is 11.3 Å². The minimum absolute atomic E-state index is 0.321. The lowest BCUT2D eigenvalue weighted by Gasteiger charge is -2.39. The SMILES string of the molecule is OC1(CCc2ccsc2)CC2CC1C1CCCC21. The van der Waals surface area contributed by atoms with Gasteiger partial charge in [-0.25, -0.2) is 0 Å². The van der Waals surface area contributed by atoms with Crippen LogP contribution in [-0.4, -0.2) is 10.7 Å². The fourth-order valence-corrected chi connectivity index (χ4v) is 6.02. The minimum atomic E-state index is -0.321. The molecule has 2 heteroatoms. The molecule has 1 nitrogen and oxygen atoms in total. The van der Waals surface area contributed by atoms with Crippen molar-refractivity contribution < 1.29 is 5.11 Å². The lowest BCUT2D eigenvalue weighted by Crippen LogP contribution is -2.41. The first kappa shape index (κ1) is 11.5. The number of rotatable bonds is 3. The molecule has 0 saturated heterocycles. The van der Waals surface area contributed by atoms with E-state index in [-0.39, 0.29) is 5.60 Å². The number of hydrogen-bond acceptors (Lipinski definition) is 2. The number of aliphatic hydroxyl groups is 1. The third kappa shape index (κ3) is 1.61. The van der Waals surface area contributed by atoms with Gasteiger partial charge < -0.3 is 5.11 Å². The van der Waals surface area contributed by atoms with Crippen LogP contribution in [0.25, 0.3) is 0 Å². The molecule has 0 aromatic carbocycles. The number of aryl methyl sites for hydroxylation is 1. The smallest absolute Gasteiger partial charge is 0.0684 e. The molecule has 1 aromatic heterocycles. The molecule has 1 heterocycles. The highest BCUT2D eigenvalue weighted by Crippen LogP contribution is 2.63. The molecule has 98 valence electrons. The highest BCUT2D eigenvalue weighted by molar-refractivity contribution is 7.07. The van der Waals surface area contributed by atoms with Crippen LogP contribution in [-0.2, 0) is 6.42 Å². The summed E-state index contributed by atoms with van der Waals surface area (Å²) in [5, 5.41) is 15.4.